The first-order valence-electron chi connectivity index (χ1n) is 12.3. The van der Waals surface area contributed by atoms with Gasteiger partial charge in [-0.2, -0.15) is 0 Å². The van der Waals surface area contributed by atoms with Gasteiger partial charge in [0.1, 0.15) is 0 Å². The van der Waals surface area contributed by atoms with Gasteiger partial charge in [0.2, 0.25) is 11.8 Å². The molecule has 0 bridgehead atoms. The van der Waals surface area contributed by atoms with E-state index in [0.29, 0.717) is 18.4 Å². The second-order valence-corrected chi connectivity index (χ2v) is 9.30. The molecule has 6 nitrogen and oxygen atoms in total. The molecule has 5 rings (SSSR count). The van der Waals surface area contributed by atoms with Gasteiger partial charge in [0, 0.05) is 19.0 Å². The number of hydrogen-bond donors (Lipinski definition) is 1. The van der Waals surface area contributed by atoms with E-state index in [9.17, 15) is 4.79 Å². The van der Waals surface area contributed by atoms with Gasteiger partial charge in [-0.05, 0) is 36.8 Å². The number of aromatic nitrogens is 2. The van der Waals surface area contributed by atoms with E-state index in [1.807, 2.05) is 41.3 Å². The number of rotatable bonds is 5. The zero-order chi connectivity index (χ0) is 22.5. The molecule has 2 amide bonds. The lowest BCUT2D eigenvalue weighted by Crippen LogP contribution is -2.46. The summed E-state index contributed by atoms with van der Waals surface area (Å²) in [5.41, 5.74) is 2.14. The quantitative estimate of drug-likeness (QED) is 0.540. The highest BCUT2D eigenvalue weighted by molar-refractivity contribution is 5.75. The van der Waals surface area contributed by atoms with E-state index in [4.69, 9.17) is 4.42 Å². The molecule has 1 unspecified atom stereocenters. The lowest BCUT2D eigenvalue weighted by Gasteiger charge is -2.33. The zero-order valence-corrected chi connectivity index (χ0v) is 19.0. The number of nitrogens with zero attached hydrogens (tertiary/aromatic N) is 3. The van der Waals surface area contributed by atoms with E-state index in [1.54, 1.807) is 0 Å². The normalized spacial score (nSPS) is 19.5. The van der Waals surface area contributed by atoms with Crippen molar-refractivity contribution in [2.24, 2.45) is 0 Å². The van der Waals surface area contributed by atoms with Crippen LogP contribution in [-0.2, 0) is 0 Å². The molecule has 2 fully saturated rings. The number of urea groups is 1. The van der Waals surface area contributed by atoms with Crippen molar-refractivity contribution in [1.29, 1.82) is 0 Å². The number of carbonyl (C=O) groups is 1. The van der Waals surface area contributed by atoms with Gasteiger partial charge in [0.15, 0.2) is 0 Å². The third-order valence-corrected chi connectivity index (χ3v) is 7.00. The fourth-order valence-electron chi connectivity index (χ4n) is 5.15. The van der Waals surface area contributed by atoms with Crippen LogP contribution in [0.4, 0.5) is 4.79 Å². The summed E-state index contributed by atoms with van der Waals surface area (Å²) in [5, 5.41) is 12.0. The fraction of sp³-hybridized carbons (Fsp3) is 0.444. The van der Waals surface area contributed by atoms with Crippen molar-refractivity contribution in [3.05, 3.63) is 83.6 Å². The van der Waals surface area contributed by atoms with E-state index in [0.717, 1.165) is 49.2 Å². The number of benzene rings is 2. The van der Waals surface area contributed by atoms with Crippen molar-refractivity contribution in [2.45, 2.75) is 62.8 Å². The van der Waals surface area contributed by atoms with Gasteiger partial charge >= 0.3 is 6.03 Å². The standard InChI is InChI=1S/C27H32N4O2/c32-27(28-24(20-11-4-1-5-12-20)21-13-6-2-7-14-21)31-18-10-17-23(19-31)26-30-29-25(33-26)22-15-8-3-9-16-22/h1-2,4-7,11-14,22-24H,3,8-10,15-19H2,(H,28,32). The number of amides is 2. The van der Waals surface area contributed by atoms with Crippen molar-refractivity contribution in [1.82, 2.24) is 20.4 Å². The summed E-state index contributed by atoms with van der Waals surface area (Å²) < 4.78 is 6.13. The Labute approximate surface area is 195 Å². The van der Waals surface area contributed by atoms with E-state index >= 15 is 0 Å². The van der Waals surface area contributed by atoms with Crippen molar-refractivity contribution in [2.75, 3.05) is 13.1 Å². The summed E-state index contributed by atoms with van der Waals surface area (Å²) in [6, 6.07) is 20.0. The van der Waals surface area contributed by atoms with Crippen LogP contribution in [0.5, 0.6) is 0 Å². The molecule has 1 saturated heterocycles. The Morgan fingerprint density at radius 1 is 0.818 bits per heavy atom. The van der Waals surface area contributed by atoms with Gasteiger partial charge in [0.25, 0.3) is 0 Å². The van der Waals surface area contributed by atoms with E-state index < -0.39 is 0 Å². The van der Waals surface area contributed by atoms with Crippen LogP contribution in [0, 0.1) is 0 Å². The molecule has 2 aliphatic rings. The van der Waals surface area contributed by atoms with E-state index in [1.165, 1.54) is 19.3 Å². The molecule has 0 spiro atoms. The highest BCUT2D eigenvalue weighted by atomic mass is 16.4. The van der Waals surface area contributed by atoms with Crippen LogP contribution in [0.2, 0.25) is 0 Å². The molecule has 1 atom stereocenters. The second-order valence-electron chi connectivity index (χ2n) is 9.30. The lowest BCUT2D eigenvalue weighted by atomic mass is 9.89. The topological polar surface area (TPSA) is 71.3 Å². The third-order valence-electron chi connectivity index (χ3n) is 7.00. The van der Waals surface area contributed by atoms with Gasteiger partial charge in [0.05, 0.1) is 12.0 Å². The predicted molar refractivity (Wildman–Crippen MR) is 127 cm³/mol. The Balaban J connectivity index is 1.28. The number of carbonyl (C=O) groups excluding carboxylic acids is 1. The van der Waals surface area contributed by atoms with Gasteiger partial charge < -0.3 is 14.6 Å². The van der Waals surface area contributed by atoms with Crippen LogP contribution < -0.4 is 5.32 Å². The predicted octanol–water partition coefficient (Wildman–Crippen LogP) is 5.80. The van der Waals surface area contributed by atoms with E-state index in [-0.39, 0.29) is 18.0 Å². The summed E-state index contributed by atoms with van der Waals surface area (Å²) >= 11 is 0. The maximum absolute atomic E-state index is 13.3. The molecule has 1 aromatic heterocycles. The molecule has 172 valence electrons. The first-order valence-corrected chi connectivity index (χ1v) is 12.3. The van der Waals surface area contributed by atoms with Crippen LogP contribution in [0.25, 0.3) is 0 Å². The van der Waals surface area contributed by atoms with Crippen LogP contribution in [0.15, 0.2) is 65.1 Å². The summed E-state index contributed by atoms with van der Waals surface area (Å²) in [4.78, 5) is 15.2. The Morgan fingerprint density at radius 2 is 1.39 bits per heavy atom. The maximum Gasteiger partial charge on any atom is 0.318 e. The summed E-state index contributed by atoms with van der Waals surface area (Å²) in [6.07, 6.45) is 7.96. The minimum absolute atomic E-state index is 0.0515. The van der Waals surface area contributed by atoms with Crippen molar-refractivity contribution in [3.63, 3.8) is 0 Å². The van der Waals surface area contributed by atoms with Crippen LogP contribution >= 0.6 is 0 Å². The Hall–Kier alpha value is -3.15. The van der Waals surface area contributed by atoms with E-state index in [2.05, 4.69) is 39.8 Å². The first-order chi connectivity index (χ1) is 16.3. The molecule has 1 N–H and O–H groups in total. The maximum atomic E-state index is 13.3. The molecule has 6 heteroatoms. The molecule has 1 aliphatic carbocycles. The Morgan fingerprint density at radius 3 is 2.03 bits per heavy atom. The number of piperidine rings is 1. The van der Waals surface area contributed by atoms with Crippen LogP contribution in [0.3, 0.4) is 0 Å². The Kier molecular flexibility index (Phi) is 6.70. The zero-order valence-electron chi connectivity index (χ0n) is 19.0. The van der Waals surface area contributed by atoms with Gasteiger partial charge in [-0.15, -0.1) is 10.2 Å². The molecule has 33 heavy (non-hydrogen) atoms. The van der Waals surface area contributed by atoms with Crippen molar-refractivity contribution < 1.29 is 9.21 Å². The summed E-state index contributed by atoms with van der Waals surface area (Å²) in [7, 11) is 0. The monoisotopic (exact) mass is 444 g/mol. The smallest absolute Gasteiger partial charge is 0.318 e. The molecule has 2 heterocycles. The highest BCUT2D eigenvalue weighted by Gasteiger charge is 2.31. The number of likely N-dealkylation sites (tertiary alicyclic amines) is 1. The third kappa shape index (κ3) is 5.10. The van der Waals surface area contributed by atoms with Gasteiger partial charge in [-0.1, -0.05) is 79.9 Å². The summed E-state index contributed by atoms with van der Waals surface area (Å²) in [5.74, 6) is 1.98. The van der Waals surface area contributed by atoms with Crippen molar-refractivity contribution in [3.8, 4) is 0 Å². The molecular formula is C27H32N4O2. The minimum Gasteiger partial charge on any atom is -0.425 e. The molecule has 3 aromatic rings. The molecule has 1 saturated carbocycles. The first kappa shape index (κ1) is 21.7. The Bertz CT molecular complexity index is 991. The second kappa shape index (κ2) is 10.2. The average molecular weight is 445 g/mol. The lowest BCUT2D eigenvalue weighted by molar-refractivity contribution is 0.171. The average Bonchev–Trinajstić information content (AvgIpc) is 3.39. The molecular weight excluding hydrogens is 412 g/mol. The number of nitrogens with one attached hydrogen (secondary N) is 1. The molecule has 0 radical (unpaired) electrons. The summed E-state index contributed by atoms with van der Waals surface area (Å²) in [6.45, 7) is 1.34. The van der Waals surface area contributed by atoms with Crippen molar-refractivity contribution >= 4 is 6.03 Å². The molecule has 2 aromatic carbocycles. The highest BCUT2D eigenvalue weighted by Crippen LogP contribution is 2.34. The largest absolute Gasteiger partial charge is 0.425 e. The fourth-order valence-corrected chi connectivity index (χ4v) is 5.15. The van der Waals surface area contributed by atoms with Gasteiger partial charge in [-0.3, -0.25) is 0 Å². The minimum atomic E-state index is -0.193. The number of hydrogen-bond acceptors (Lipinski definition) is 4. The molecule has 1 aliphatic heterocycles. The SMILES string of the molecule is O=C(NC(c1ccccc1)c1ccccc1)N1CCCC(c2nnc(C3CCCCC3)o2)C1. The van der Waals surface area contributed by atoms with Gasteiger partial charge in [-0.25, -0.2) is 4.79 Å². The van der Waals surface area contributed by atoms with Crippen LogP contribution in [0.1, 0.15) is 85.7 Å². The van der Waals surface area contributed by atoms with Crippen LogP contribution in [-0.4, -0.2) is 34.2 Å².